The minimum Gasteiger partial charge on any atom is -0.405 e. The molecule has 1 aromatic rings. The molecule has 0 amide bonds. The molecular formula is C12H12F4O2. The van der Waals surface area contributed by atoms with Crippen LogP contribution in [0.2, 0.25) is 0 Å². The first-order chi connectivity index (χ1) is 8.23. The maximum atomic E-state index is 13.5. The molecule has 0 spiro atoms. The summed E-state index contributed by atoms with van der Waals surface area (Å²) in [4.78, 5) is 10.6. The van der Waals surface area contributed by atoms with Crippen molar-refractivity contribution in [3.63, 3.8) is 0 Å². The monoisotopic (exact) mass is 264 g/mol. The van der Waals surface area contributed by atoms with E-state index in [1.807, 2.05) is 13.8 Å². The second kappa shape index (κ2) is 5.37. The van der Waals surface area contributed by atoms with Gasteiger partial charge in [-0.15, -0.1) is 13.2 Å². The van der Waals surface area contributed by atoms with Crippen LogP contribution in [-0.2, 0) is 6.42 Å². The van der Waals surface area contributed by atoms with Crippen LogP contribution in [0.25, 0.3) is 0 Å². The van der Waals surface area contributed by atoms with E-state index in [0.29, 0.717) is 12.0 Å². The Balaban J connectivity index is 3.19. The van der Waals surface area contributed by atoms with Crippen molar-refractivity contribution in [2.45, 2.75) is 26.6 Å². The van der Waals surface area contributed by atoms with Crippen LogP contribution in [0, 0.1) is 11.7 Å². The summed E-state index contributed by atoms with van der Waals surface area (Å²) < 4.78 is 53.5. The van der Waals surface area contributed by atoms with Crippen molar-refractivity contribution in [1.82, 2.24) is 0 Å². The fourth-order valence-electron chi connectivity index (χ4n) is 1.56. The average Bonchev–Trinajstić information content (AvgIpc) is 2.13. The lowest BCUT2D eigenvalue weighted by Gasteiger charge is -2.13. The van der Waals surface area contributed by atoms with Gasteiger partial charge in [0.05, 0.1) is 5.56 Å². The number of aldehydes is 1. The smallest absolute Gasteiger partial charge is 0.405 e. The van der Waals surface area contributed by atoms with Gasteiger partial charge in [-0.05, 0) is 30.0 Å². The first-order valence-electron chi connectivity index (χ1n) is 5.26. The fourth-order valence-corrected chi connectivity index (χ4v) is 1.56. The van der Waals surface area contributed by atoms with Crippen molar-refractivity contribution in [3.8, 4) is 5.75 Å². The van der Waals surface area contributed by atoms with Gasteiger partial charge in [0.25, 0.3) is 0 Å². The molecular weight excluding hydrogens is 252 g/mol. The highest BCUT2D eigenvalue weighted by molar-refractivity contribution is 5.80. The Kier molecular flexibility index (Phi) is 4.32. The maximum absolute atomic E-state index is 13.5. The highest BCUT2D eigenvalue weighted by Crippen LogP contribution is 2.29. The van der Waals surface area contributed by atoms with Gasteiger partial charge in [-0.25, -0.2) is 4.39 Å². The van der Waals surface area contributed by atoms with Gasteiger partial charge in [-0.2, -0.15) is 0 Å². The highest BCUT2D eigenvalue weighted by Gasteiger charge is 2.33. The van der Waals surface area contributed by atoms with Crippen molar-refractivity contribution in [3.05, 3.63) is 29.1 Å². The van der Waals surface area contributed by atoms with Gasteiger partial charge < -0.3 is 4.74 Å². The van der Waals surface area contributed by atoms with Crippen LogP contribution in [0.3, 0.4) is 0 Å². The number of carbonyl (C=O) groups is 1. The van der Waals surface area contributed by atoms with E-state index in [4.69, 9.17) is 0 Å². The minimum atomic E-state index is -4.96. The number of rotatable bonds is 4. The molecule has 0 saturated heterocycles. The summed E-state index contributed by atoms with van der Waals surface area (Å²) in [5.41, 5.74) is -0.368. The molecule has 0 saturated carbocycles. The molecule has 0 N–H and O–H groups in total. The van der Waals surface area contributed by atoms with Gasteiger partial charge >= 0.3 is 6.36 Å². The van der Waals surface area contributed by atoms with Gasteiger partial charge in [0.2, 0.25) is 0 Å². The standard InChI is InChI=1S/C12H12F4O2/c1-7(2)3-8-4-10(13)9(6-17)11(5-8)18-12(14,15)16/h4-7H,3H2,1-2H3. The zero-order chi connectivity index (χ0) is 13.9. The molecule has 100 valence electrons. The molecule has 0 fully saturated rings. The number of alkyl halides is 3. The Morgan fingerprint density at radius 3 is 2.39 bits per heavy atom. The molecule has 0 radical (unpaired) electrons. The predicted octanol–water partition coefficient (Wildman–Crippen LogP) is 3.74. The van der Waals surface area contributed by atoms with E-state index in [9.17, 15) is 22.4 Å². The summed E-state index contributed by atoms with van der Waals surface area (Å²) in [5.74, 6) is -1.67. The predicted molar refractivity (Wildman–Crippen MR) is 57.0 cm³/mol. The van der Waals surface area contributed by atoms with Crippen molar-refractivity contribution in [2.75, 3.05) is 0 Å². The van der Waals surface area contributed by atoms with E-state index in [-0.39, 0.29) is 12.2 Å². The summed E-state index contributed by atoms with van der Waals surface area (Å²) in [7, 11) is 0. The minimum absolute atomic E-state index is 0.00949. The molecule has 0 unspecified atom stereocenters. The van der Waals surface area contributed by atoms with Crippen LogP contribution >= 0.6 is 0 Å². The van der Waals surface area contributed by atoms with E-state index >= 15 is 0 Å². The Bertz CT molecular complexity index is 438. The third kappa shape index (κ3) is 4.01. The first-order valence-corrected chi connectivity index (χ1v) is 5.26. The number of halogens is 4. The van der Waals surface area contributed by atoms with Crippen LogP contribution in [-0.4, -0.2) is 12.6 Å². The summed E-state index contributed by atoms with van der Waals surface area (Å²) in [6.07, 6.45) is -4.56. The van der Waals surface area contributed by atoms with Gasteiger partial charge in [-0.3, -0.25) is 4.79 Å². The fraction of sp³-hybridized carbons (Fsp3) is 0.417. The normalized spacial score (nSPS) is 11.7. The molecule has 18 heavy (non-hydrogen) atoms. The Labute approximate surface area is 102 Å². The Hall–Kier alpha value is -1.59. The summed E-state index contributed by atoms with van der Waals surface area (Å²) in [6.45, 7) is 3.69. The third-order valence-corrected chi connectivity index (χ3v) is 2.14. The Morgan fingerprint density at radius 1 is 1.33 bits per heavy atom. The number of hydrogen-bond donors (Lipinski definition) is 0. The number of ether oxygens (including phenoxy) is 1. The lowest BCUT2D eigenvalue weighted by molar-refractivity contribution is -0.274. The van der Waals surface area contributed by atoms with Crippen LogP contribution in [0.15, 0.2) is 12.1 Å². The summed E-state index contributed by atoms with van der Waals surface area (Å²) in [6, 6.07) is 2.09. The third-order valence-electron chi connectivity index (χ3n) is 2.14. The quantitative estimate of drug-likeness (QED) is 0.611. The van der Waals surface area contributed by atoms with Crippen LogP contribution in [0.5, 0.6) is 5.75 Å². The number of carbonyl (C=O) groups excluding carboxylic acids is 1. The van der Waals surface area contributed by atoms with E-state index in [1.54, 1.807) is 0 Å². The zero-order valence-electron chi connectivity index (χ0n) is 9.84. The molecule has 1 aromatic carbocycles. The lowest BCUT2D eigenvalue weighted by Crippen LogP contribution is -2.18. The first kappa shape index (κ1) is 14.5. The van der Waals surface area contributed by atoms with E-state index in [1.165, 1.54) is 0 Å². The number of benzene rings is 1. The van der Waals surface area contributed by atoms with Gasteiger partial charge in [-0.1, -0.05) is 13.8 Å². The average molecular weight is 264 g/mol. The second-order valence-electron chi connectivity index (χ2n) is 4.25. The lowest BCUT2D eigenvalue weighted by atomic mass is 10.0. The van der Waals surface area contributed by atoms with Crippen molar-refractivity contribution in [2.24, 2.45) is 5.92 Å². The molecule has 1 rings (SSSR count). The maximum Gasteiger partial charge on any atom is 0.573 e. The van der Waals surface area contributed by atoms with Gasteiger partial charge in [0, 0.05) is 0 Å². The van der Waals surface area contributed by atoms with Crippen molar-refractivity contribution in [1.29, 1.82) is 0 Å². The van der Waals surface area contributed by atoms with E-state index in [0.717, 1.165) is 12.1 Å². The molecule has 0 aliphatic carbocycles. The van der Waals surface area contributed by atoms with Gasteiger partial charge in [0.15, 0.2) is 6.29 Å². The van der Waals surface area contributed by atoms with E-state index < -0.39 is 23.5 Å². The molecule has 0 atom stereocenters. The van der Waals surface area contributed by atoms with Crippen molar-refractivity contribution >= 4 is 6.29 Å². The molecule has 0 bridgehead atoms. The topological polar surface area (TPSA) is 26.3 Å². The van der Waals surface area contributed by atoms with Crippen LogP contribution in [0.1, 0.15) is 29.8 Å². The highest BCUT2D eigenvalue weighted by atomic mass is 19.4. The molecule has 0 heterocycles. The largest absolute Gasteiger partial charge is 0.573 e. The zero-order valence-corrected chi connectivity index (χ0v) is 9.84. The van der Waals surface area contributed by atoms with Gasteiger partial charge in [0.1, 0.15) is 11.6 Å². The molecule has 0 aromatic heterocycles. The Morgan fingerprint density at radius 2 is 1.94 bits per heavy atom. The van der Waals surface area contributed by atoms with E-state index in [2.05, 4.69) is 4.74 Å². The SMILES string of the molecule is CC(C)Cc1cc(F)c(C=O)c(OC(F)(F)F)c1. The summed E-state index contributed by atoms with van der Waals surface area (Å²) in [5, 5.41) is 0. The second-order valence-corrected chi connectivity index (χ2v) is 4.25. The molecule has 2 nitrogen and oxygen atoms in total. The summed E-state index contributed by atoms with van der Waals surface area (Å²) >= 11 is 0. The molecule has 6 heteroatoms. The van der Waals surface area contributed by atoms with Crippen LogP contribution in [0.4, 0.5) is 17.6 Å². The molecule has 0 aliphatic heterocycles. The number of hydrogen-bond acceptors (Lipinski definition) is 2. The van der Waals surface area contributed by atoms with Crippen molar-refractivity contribution < 1.29 is 27.1 Å². The van der Waals surface area contributed by atoms with Crippen LogP contribution < -0.4 is 4.74 Å². The molecule has 0 aliphatic rings.